The Hall–Kier alpha value is -2.09. The average molecular weight is 367 g/mol. The largest absolute Gasteiger partial charge is 0.355 e. The predicted molar refractivity (Wildman–Crippen MR) is 96.4 cm³/mol. The summed E-state index contributed by atoms with van der Waals surface area (Å²) in [4.78, 5) is 25.6. The van der Waals surface area contributed by atoms with Gasteiger partial charge < -0.3 is 15.5 Å². The maximum atomic E-state index is 12.3. The van der Waals surface area contributed by atoms with Crippen molar-refractivity contribution in [3.8, 4) is 0 Å². The second-order valence-electron chi connectivity index (χ2n) is 6.34. The van der Waals surface area contributed by atoms with Gasteiger partial charge in [-0.25, -0.2) is 13.2 Å². The molecule has 0 radical (unpaired) electrons. The van der Waals surface area contributed by atoms with Gasteiger partial charge in [0.15, 0.2) is 0 Å². The maximum absolute atomic E-state index is 12.3. The summed E-state index contributed by atoms with van der Waals surface area (Å²) in [6, 6.07) is 6.78. The molecule has 1 aliphatic rings. The van der Waals surface area contributed by atoms with E-state index in [0.717, 1.165) is 12.0 Å². The molecule has 1 aromatic carbocycles. The van der Waals surface area contributed by atoms with E-state index in [1.54, 1.807) is 24.1 Å². The van der Waals surface area contributed by atoms with Crippen LogP contribution in [0.5, 0.6) is 0 Å². The summed E-state index contributed by atoms with van der Waals surface area (Å²) in [5, 5.41) is 5.42. The zero-order valence-electron chi connectivity index (χ0n) is 14.6. The van der Waals surface area contributed by atoms with Crippen LogP contribution in [0.25, 0.3) is 0 Å². The van der Waals surface area contributed by atoms with Gasteiger partial charge in [-0.2, -0.15) is 0 Å². The minimum atomic E-state index is -3.11. The summed E-state index contributed by atoms with van der Waals surface area (Å²) in [7, 11) is -1.53. The lowest BCUT2D eigenvalue weighted by molar-refractivity contribution is 0.0963. The van der Waals surface area contributed by atoms with E-state index >= 15 is 0 Å². The Morgan fingerprint density at radius 1 is 1.32 bits per heavy atom. The van der Waals surface area contributed by atoms with Crippen molar-refractivity contribution in [2.45, 2.75) is 25.3 Å². The first-order valence-corrected chi connectivity index (χ1v) is 10.4. The normalized spacial score (nSPS) is 17.4. The molecule has 0 spiro atoms. The van der Waals surface area contributed by atoms with E-state index in [2.05, 4.69) is 10.6 Å². The first-order chi connectivity index (χ1) is 11.8. The fourth-order valence-corrected chi connectivity index (χ4v) is 4.10. The van der Waals surface area contributed by atoms with Crippen LogP contribution >= 0.6 is 0 Å². The van der Waals surface area contributed by atoms with Gasteiger partial charge in [-0.15, -0.1) is 0 Å². The Labute approximate surface area is 148 Å². The van der Waals surface area contributed by atoms with Crippen LogP contribution in [-0.2, 0) is 16.3 Å². The van der Waals surface area contributed by atoms with Crippen LogP contribution in [0.2, 0.25) is 0 Å². The lowest BCUT2D eigenvalue weighted by Crippen LogP contribution is -2.45. The monoisotopic (exact) mass is 367 g/mol. The topological polar surface area (TPSA) is 95.6 Å². The standard InChI is InChI=1S/C17H25N3O4S/c1-18-16(21)14-6-3-5-13(11-14)8-9-19-17(22)20-10-4-7-15(20)12-25(2,23)24/h3,5-6,11,15H,4,7-10,12H2,1-2H3,(H,18,21)(H,19,22)/t15-/m1/s1. The number of urea groups is 1. The van der Waals surface area contributed by atoms with E-state index in [4.69, 9.17) is 0 Å². The second-order valence-corrected chi connectivity index (χ2v) is 8.53. The van der Waals surface area contributed by atoms with Gasteiger partial charge in [-0.3, -0.25) is 4.79 Å². The number of hydrogen-bond donors (Lipinski definition) is 2. The van der Waals surface area contributed by atoms with E-state index in [-0.39, 0.29) is 23.7 Å². The Morgan fingerprint density at radius 3 is 2.76 bits per heavy atom. The zero-order chi connectivity index (χ0) is 18.4. The number of carbonyl (C=O) groups excluding carboxylic acids is 2. The van der Waals surface area contributed by atoms with Gasteiger partial charge in [-0.1, -0.05) is 12.1 Å². The number of likely N-dealkylation sites (tertiary alicyclic amines) is 1. The molecule has 8 heteroatoms. The molecule has 2 N–H and O–H groups in total. The molecule has 1 heterocycles. The van der Waals surface area contributed by atoms with Crippen molar-refractivity contribution in [3.05, 3.63) is 35.4 Å². The molecule has 7 nitrogen and oxygen atoms in total. The van der Waals surface area contributed by atoms with Crippen molar-refractivity contribution in [1.82, 2.24) is 15.5 Å². The van der Waals surface area contributed by atoms with Crippen molar-refractivity contribution in [2.24, 2.45) is 0 Å². The van der Waals surface area contributed by atoms with Gasteiger partial charge in [0.25, 0.3) is 5.91 Å². The number of carbonyl (C=O) groups is 2. The quantitative estimate of drug-likeness (QED) is 0.778. The number of nitrogens with zero attached hydrogens (tertiary/aromatic N) is 1. The van der Waals surface area contributed by atoms with Crippen LogP contribution < -0.4 is 10.6 Å². The molecule has 0 aromatic heterocycles. The molecule has 1 fully saturated rings. The Kier molecular flexibility index (Phi) is 6.41. The third-order valence-electron chi connectivity index (χ3n) is 4.24. The SMILES string of the molecule is CNC(=O)c1cccc(CCNC(=O)N2CCC[C@@H]2CS(C)(=O)=O)c1. The fourth-order valence-electron chi connectivity index (χ4n) is 3.05. The average Bonchev–Trinajstić information content (AvgIpc) is 3.00. The molecular formula is C17H25N3O4S. The Bertz CT molecular complexity index is 733. The van der Waals surface area contributed by atoms with Crippen molar-refractivity contribution in [3.63, 3.8) is 0 Å². The number of nitrogens with one attached hydrogen (secondary N) is 2. The Balaban J connectivity index is 1.87. The Morgan fingerprint density at radius 2 is 2.08 bits per heavy atom. The number of amides is 3. The molecule has 1 aliphatic heterocycles. The minimum absolute atomic E-state index is 0.00853. The second kappa shape index (κ2) is 8.33. The van der Waals surface area contributed by atoms with Gasteiger partial charge in [0.05, 0.1) is 5.75 Å². The van der Waals surface area contributed by atoms with E-state index in [9.17, 15) is 18.0 Å². The molecule has 25 heavy (non-hydrogen) atoms. The van der Waals surface area contributed by atoms with Gasteiger partial charge in [0.2, 0.25) is 0 Å². The minimum Gasteiger partial charge on any atom is -0.355 e. The van der Waals surface area contributed by atoms with Crippen LogP contribution in [-0.4, -0.2) is 63.4 Å². The highest BCUT2D eigenvalue weighted by atomic mass is 32.2. The summed E-state index contributed by atoms with van der Waals surface area (Å²) in [6.07, 6.45) is 3.33. The summed E-state index contributed by atoms with van der Waals surface area (Å²) in [5.74, 6) is -0.138. The van der Waals surface area contributed by atoms with Crippen LogP contribution in [0, 0.1) is 0 Å². The van der Waals surface area contributed by atoms with Gasteiger partial charge in [0, 0.05) is 38.0 Å². The molecule has 1 aromatic rings. The molecule has 138 valence electrons. The summed E-state index contributed by atoms with van der Waals surface area (Å²) in [5.41, 5.74) is 1.54. The third-order valence-corrected chi connectivity index (χ3v) is 5.23. The van der Waals surface area contributed by atoms with E-state index in [1.807, 2.05) is 12.1 Å². The molecular weight excluding hydrogens is 342 g/mol. The molecule has 2 rings (SSSR count). The van der Waals surface area contributed by atoms with Crippen LogP contribution in [0.1, 0.15) is 28.8 Å². The third kappa shape index (κ3) is 5.74. The maximum Gasteiger partial charge on any atom is 0.317 e. The summed E-state index contributed by atoms with van der Waals surface area (Å²) < 4.78 is 23.0. The van der Waals surface area contributed by atoms with Crippen molar-refractivity contribution in [2.75, 3.05) is 32.1 Å². The van der Waals surface area contributed by atoms with Crippen LogP contribution in [0.3, 0.4) is 0 Å². The molecule has 0 saturated carbocycles. The highest BCUT2D eigenvalue weighted by molar-refractivity contribution is 7.90. The molecule has 1 atom stereocenters. The number of benzene rings is 1. The first-order valence-electron chi connectivity index (χ1n) is 8.33. The number of sulfone groups is 1. The summed E-state index contributed by atoms with van der Waals surface area (Å²) in [6.45, 7) is 1.01. The fraction of sp³-hybridized carbons (Fsp3) is 0.529. The zero-order valence-corrected chi connectivity index (χ0v) is 15.4. The molecule has 3 amide bonds. The van der Waals surface area contributed by atoms with Crippen molar-refractivity contribution in [1.29, 1.82) is 0 Å². The van der Waals surface area contributed by atoms with Crippen molar-refractivity contribution >= 4 is 21.8 Å². The predicted octanol–water partition coefficient (Wildman–Crippen LogP) is 0.807. The van der Waals surface area contributed by atoms with Crippen LogP contribution in [0.15, 0.2) is 24.3 Å². The van der Waals surface area contributed by atoms with Gasteiger partial charge in [0.1, 0.15) is 9.84 Å². The van der Waals surface area contributed by atoms with E-state index in [1.165, 1.54) is 6.26 Å². The number of rotatable bonds is 6. The molecule has 1 saturated heterocycles. The smallest absolute Gasteiger partial charge is 0.317 e. The highest BCUT2D eigenvalue weighted by Gasteiger charge is 2.30. The molecule has 0 bridgehead atoms. The highest BCUT2D eigenvalue weighted by Crippen LogP contribution is 2.18. The van der Waals surface area contributed by atoms with E-state index < -0.39 is 9.84 Å². The van der Waals surface area contributed by atoms with Crippen LogP contribution in [0.4, 0.5) is 4.79 Å². The lowest BCUT2D eigenvalue weighted by Gasteiger charge is -2.24. The van der Waals surface area contributed by atoms with Gasteiger partial charge in [-0.05, 0) is 37.0 Å². The molecule has 0 unspecified atom stereocenters. The lowest BCUT2D eigenvalue weighted by atomic mass is 10.1. The van der Waals surface area contributed by atoms with Gasteiger partial charge >= 0.3 is 6.03 Å². The molecule has 0 aliphatic carbocycles. The summed E-state index contributed by atoms with van der Waals surface area (Å²) >= 11 is 0. The van der Waals surface area contributed by atoms with Crippen molar-refractivity contribution < 1.29 is 18.0 Å². The number of hydrogen-bond acceptors (Lipinski definition) is 4. The first kappa shape index (κ1) is 19.2. The van der Waals surface area contributed by atoms with E-state index in [0.29, 0.717) is 31.5 Å².